The van der Waals surface area contributed by atoms with Crippen LogP contribution in [0.4, 0.5) is 0 Å². The van der Waals surface area contributed by atoms with Gasteiger partial charge in [0.2, 0.25) is 0 Å². The molecule has 0 aliphatic carbocycles. The SMILES string of the molecule is CCCCn1c(SCC=C(C)C)nc2cc(C(=O)OC)ccc2c1=O. The lowest BCUT2D eigenvalue weighted by atomic mass is 10.1. The molecule has 0 fully saturated rings. The molecule has 1 aromatic heterocycles. The molecule has 134 valence electrons. The highest BCUT2D eigenvalue weighted by Gasteiger charge is 2.13. The fourth-order valence-corrected chi connectivity index (χ4v) is 3.41. The fourth-order valence-electron chi connectivity index (χ4n) is 2.35. The number of thioether (sulfide) groups is 1. The number of benzene rings is 1. The topological polar surface area (TPSA) is 61.2 Å². The molecule has 2 aromatic rings. The van der Waals surface area contributed by atoms with Crippen molar-refractivity contribution in [3.8, 4) is 0 Å². The van der Waals surface area contributed by atoms with Gasteiger partial charge in [-0.25, -0.2) is 9.78 Å². The first-order valence-corrected chi connectivity index (χ1v) is 9.35. The first-order valence-electron chi connectivity index (χ1n) is 8.37. The van der Waals surface area contributed by atoms with Gasteiger partial charge in [0.05, 0.1) is 23.6 Å². The van der Waals surface area contributed by atoms with E-state index in [-0.39, 0.29) is 5.56 Å². The van der Waals surface area contributed by atoms with Crippen molar-refractivity contribution < 1.29 is 9.53 Å². The molecule has 5 nitrogen and oxygen atoms in total. The third-order valence-corrected chi connectivity index (χ3v) is 4.68. The molecule has 0 spiro atoms. The zero-order valence-electron chi connectivity index (χ0n) is 15.2. The van der Waals surface area contributed by atoms with Gasteiger partial charge in [-0.15, -0.1) is 0 Å². The minimum absolute atomic E-state index is 0.0606. The number of hydrogen-bond donors (Lipinski definition) is 0. The quantitative estimate of drug-likeness (QED) is 0.323. The predicted octanol–water partition coefficient (Wildman–Crippen LogP) is 4.04. The molecule has 2 rings (SSSR count). The summed E-state index contributed by atoms with van der Waals surface area (Å²) in [6.07, 6.45) is 4.03. The highest BCUT2D eigenvalue weighted by atomic mass is 32.2. The summed E-state index contributed by atoms with van der Waals surface area (Å²) in [5.41, 5.74) is 2.09. The second-order valence-corrected chi connectivity index (χ2v) is 7.01. The number of allylic oxidation sites excluding steroid dienone is 1. The number of aromatic nitrogens is 2. The zero-order chi connectivity index (χ0) is 18.4. The highest BCUT2D eigenvalue weighted by Crippen LogP contribution is 2.20. The Hall–Kier alpha value is -2.08. The summed E-state index contributed by atoms with van der Waals surface area (Å²) >= 11 is 1.53. The molecule has 0 atom stereocenters. The van der Waals surface area contributed by atoms with E-state index in [1.165, 1.54) is 24.4 Å². The van der Waals surface area contributed by atoms with E-state index < -0.39 is 5.97 Å². The monoisotopic (exact) mass is 360 g/mol. The molecule has 0 saturated carbocycles. The average Bonchev–Trinajstić information content (AvgIpc) is 2.60. The molecule has 0 amide bonds. The number of methoxy groups -OCH3 is 1. The van der Waals surface area contributed by atoms with Gasteiger partial charge in [0.15, 0.2) is 5.16 Å². The van der Waals surface area contributed by atoms with Crippen molar-refractivity contribution in [1.29, 1.82) is 0 Å². The maximum absolute atomic E-state index is 12.9. The van der Waals surface area contributed by atoms with E-state index in [2.05, 4.69) is 18.0 Å². The van der Waals surface area contributed by atoms with Crippen molar-refractivity contribution in [2.75, 3.05) is 12.9 Å². The maximum atomic E-state index is 12.9. The van der Waals surface area contributed by atoms with E-state index in [0.29, 0.717) is 28.2 Å². The van der Waals surface area contributed by atoms with Crippen LogP contribution >= 0.6 is 11.8 Å². The van der Waals surface area contributed by atoms with E-state index in [1.54, 1.807) is 22.8 Å². The first-order chi connectivity index (χ1) is 12.0. The Balaban J connectivity index is 2.54. The van der Waals surface area contributed by atoms with Gasteiger partial charge >= 0.3 is 5.97 Å². The number of nitrogens with zero attached hydrogens (tertiary/aromatic N) is 2. The maximum Gasteiger partial charge on any atom is 0.337 e. The van der Waals surface area contributed by atoms with Crippen LogP contribution in [-0.4, -0.2) is 28.4 Å². The fraction of sp³-hybridized carbons (Fsp3) is 0.421. The summed E-state index contributed by atoms with van der Waals surface area (Å²) in [5.74, 6) is 0.320. The number of rotatable bonds is 7. The summed E-state index contributed by atoms with van der Waals surface area (Å²) in [7, 11) is 1.34. The molecule has 0 aliphatic rings. The number of esters is 1. The molecule has 0 saturated heterocycles. The largest absolute Gasteiger partial charge is 0.465 e. The molecule has 0 unspecified atom stereocenters. The number of carbonyl (C=O) groups is 1. The van der Waals surface area contributed by atoms with Gasteiger partial charge in [-0.05, 0) is 38.5 Å². The van der Waals surface area contributed by atoms with Crippen LogP contribution in [-0.2, 0) is 11.3 Å². The lowest BCUT2D eigenvalue weighted by Crippen LogP contribution is -2.23. The molecule has 1 heterocycles. The van der Waals surface area contributed by atoms with Crippen LogP contribution in [0.1, 0.15) is 44.0 Å². The molecule has 0 N–H and O–H groups in total. The van der Waals surface area contributed by atoms with Gasteiger partial charge in [-0.1, -0.05) is 36.8 Å². The van der Waals surface area contributed by atoms with Crippen molar-refractivity contribution in [1.82, 2.24) is 9.55 Å². The number of hydrogen-bond acceptors (Lipinski definition) is 5. The molecule has 0 bridgehead atoms. The van der Waals surface area contributed by atoms with Crippen molar-refractivity contribution in [3.05, 3.63) is 45.8 Å². The van der Waals surface area contributed by atoms with E-state index >= 15 is 0 Å². The molecule has 25 heavy (non-hydrogen) atoms. The Morgan fingerprint density at radius 2 is 2.12 bits per heavy atom. The Kier molecular flexibility index (Phi) is 6.82. The summed E-state index contributed by atoms with van der Waals surface area (Å²) < 4.78 is 6.49. The van der Waals surface area contributed by atoms with Crippen molar-refractivity contribution in [3.63, 3.8) is 0 Å². The lowest BCUT2D eigenvalue weighted by molar-refractivity contribution is 0.0601. The van der Waals surface area contributed by atoms with Gasteiger partial charge in [0, 0.05) is 12.3 Å². The number of fused-ring (bicyclic) bond motifs is 1. The van der Waals surface area contributed by atoms with E-state index in [1.807, 2.05) is 13.8 Å². The molecule has 6 heteroatoms. The van der Waals surface area contributed by atoms with Crippen LogP contribution in [0.5, 0.6) is 0 Å². The average molecular weight is 360 g/mol. The number of carbonyl (C=O) groups excluding carboxylic acids is 1. The normalized spacial score (nSPS) is 10.7. The van der Waals surface area contributed by atoms with Gasteiger partial charge in [0.25, 0.3) is 5.56 Å². The van der Waals surface area contributed by atoms with Crippen LogP contribution in [0.15, 0.2) is 39.8 Å². The smallest absolute Gasteiger partial charge is 0.337 e. The summed E-state index contributed by atoms with van der Waals surface area (Å²) in [5, 5.41) is 1.21. The summed E-state index contributed by atoms with van der Waals surface area (Å²) in [6.45, 7) is 6.83. The minimum Gasteiger partial charge on any atom is -0.465 e. The third kappa shape index (κ3) is 4.72. The first kappa shape index (κ1) is 19.2. The summed E-state index contributed by atoms with van der Waals surface area (Å²) in [6, 6.07) is 4.89. The predicted molar refractivity (Wildman–Crippen MR) is 102 cm³/mol. The molecular formula is C19H24N2O3S. The second kappa shape index (κ2) is 8.85. The molecular weight excluding hydrogens is 336 g/mol. The van der Waals surface area contributed by atoms with E-state index in [0.717, 1.165) is 18.6 Å². The third-order valence-electron chi connectivity index (χ3n) is 3.78. The Labute approximate surface area is 152 Å². The zero-order valence-corrected chi connectivity index (χ0v) is 16.0. The number of ether oxygens (including phenoxy) is 1. The van der Waals surface area contributed by atoms with Gasteiger partial charge in [-0.3, -0.25) is 9.36 Å². The van der Waals surface area contributed by atoms with E-state index in [9.17, 15) is 9.59 Å². The number of unbranched alkanes of at least 4 members (excludes halogenated alkanes) is 1. The van der Waals surface area contributed by atoms with E-state index in [4.69, 9.17) is 4.74 Å². The lowest BCUT2D eigenvalue weighted by Gasteiger charge is -2.12. The van der Waals surface area contributed by atoms with Gasteiger partial charge < -0.3 is 4.74 Å². The van der Waals surface area contributed by atoms with Crippen molar-refractivity contribution in [2.45, 2.75) is 45.3 Å². The Morgan fingerprint density at radius 3 is 2.76 bits per heavy atom. The Bertz CT molecular complexity index is 852. The molecule has 0 aliphatic heterocycles. The van der Waals surface area contributed by atoms with Gasteiger partial charge in [0.1, 0.15) is 0 Å². The minimum atomic E-state index is -0.433. The van der Waals surface area contributed by atoms with Crippen molar-refractivity contribution >= 4 is 28.6 Å². The molecule has 1 aromatic carbocycles. The second-order valence-electron chi connectivity index (χ2n) is 6.02. The Morgan fingerprint density at radius 1 is 1.36 bits per heavy atom. The van der Waals surface area contributed by atoms with Crippen LogP contribution in [0, 0.1) is 0 Å². The van der Waals surface area contributed by atoms with Crippen LogP contribution in [0.3, 0.4) is 0 Å². The highest BCUT2D eigenvalue weighted by molar-refractivity contribution is 7.99. The van der Waals surface area contributed by atoms with Crippen LogP contribution in [0.2, 0.25) is 0 Å². The van der Waals surface area contributed by atoms with Crippen LogP contribution in [0.25, 0.3) is 10.9 Å². The van der Waals surface area contributed by atoms with Gasteiger partial charge in [-0.2, -0.15) is 0 Å². The van der Waals surface area contributed by atoms with Crippen LogP contribution < -0.4 is 5.56 Å². The standard InChI is InChI=1S/C19H24N2O3S/c1-5-6-10-21-17(22)15-8-7-14(18(23)24-4)12-16(15)20-19(21)25-11-9-13(2)3/h7-9,12H,5-6,10-11H2,1-4H3. The molecule has 0 radical (unpaired) electrons. The summed E-state index contributed by atoms with van der Waals surface area (Å²) in [4.78, 5) is 29.3. The van der Waals surface area contributed by atoms with Crippen molar-refractivity contribution in [2.24, 2.45) is 0 Å².